The van der Waals surface area contributed by atoms with Gasteiger partial charge in [-0.15, -0.1) is 0 Å². The van der Waals surface area contributed by atoms with Gasteiger partial charge < -0.3 is 14.0 Å². The number of aromatic nitrogens is 4. The van der Waals surface area contributed by atoms with Crippen molar-refractivity contribution in [3.63, 3.8) is 0 Å². The van der Waals surface area contributed by atoms with Gasteiger partial charge in [-0.05, 0) is 67.2 Å². The lowest BCUT2D eigenvalue weighted by molar-refractivity contribution is 0.178. The van der Waals surface area contributed by atoms with Gasteiger partial charge >= 0.3 is 0 Å². The first-order valence-corrected chi connectivity index (χ1v) is 13.3. The molecule has 0 N–H and O–H groups in total. The zero-order valence-corrected chi connectivity index (χ0v) is 21.8. The van der Waals surface area contributed by atoms with Crippen molar-refractivity contribution in [3.8, 4) is 5.88 Å². The standard InChI is InChI=1S/C31H33N5O2/c1-37-18-17-36-29-7-3-2-5-28(29)33-30(36)21-35-15-12-25(13-16-35)27-6-4-8-31(34-27)38-22-23-9-10-24-11-14-32-20-26(24)19-23/h2-11,14,19-20,25H,12-13,15-18,21-22H2,1H3. The molecule has 194 valence electrons. The Kier molecular flexibility index (Phi) is 7.29. The number of methoxy groups -OCH3 is 1. The Bertz CT molecular complexity index is 1520. The van der Waals surface area contributed by atoms with Crippen molar-refractivity contribution in [1.29, 1.82) is 0 Å². The maximum Gasteiger partial charge on any atom is 0.213 e. The molecule has 1 aliphatic heterocycles. The monoisotopic (exact) mass is 507 g/mol. The summed E-state index contributed by atoms with van der Waals surface area (Å²) in [6, 6.07) is 22.9. The van der Waals surface area contributed by atoms with Gasteiger partial charge in [-0.3, -0.25) is 9.88 Å². The molecule has 0 bridgehead atoms. The second-order valence-electron chi connectivity index (χ2n) is 9.96. The van der Waals surface area contributed by atoms with Crippen LogP contribution in [0.2, 0.25) is 0 Å². The average Bonchev–Trinajstić information content (AvgIpc) is 3.32. The predicted octanol–water partition coefficient (Wildman–Crippen LogP) is 5.58. The Labute approximate surface area is 223 Å². The van der Waals surface area contributed by atoms with Crippen LogP contribution >= 0.6 is 0 Å². The third-order valence-corrected chi connectivity index (χ3v) is 7.46. The van der Waals surface area contributed by atoms with Crippen LogP contribution in [0.3, 0.4) is 0 Å². The molecule has 6 rings (SSSR count). The highest BCUT2D eigenvalue weighted by molar-refractivity contribution is 5.82. The molecule has 0 radical (unpaired) electrons. The third kappa shape index (κ3) is 5.39. The van der Waals surface area contributed by atoms with Crippen LogP contribution in [0, 0.1) is 0 Å². The molecular formula is C31H33N5O2. The quantitative estimate of drug-likeness (QED) is 0.259. The van der Waals surface area contributed by atoms with Gasteiger partial charge in [0.05, 0.1) is 24.2 Å². The lowest BCUT2D eigenvalue weighted by atomic mass is 9.93. The molecule has 1 saturated heterocycles. The van der Waals surface area contributed by atoms with E-state index in [1.165, 1.54) is 10.9 Å². The van der Waals surface area contributed by atoms with Crippen LogP contribution < -0.4 is 4.74 Å². The van der Waals surface area contributed by atoms with E-state index in [1.54, 1.807) is 7.11 Å². The maximum atomic E-state index is 6.08. The van der Waals surface area contributed by atoms with Gasteiger partial charge in [-0.1, -0.05) is 30.3 Å². The Balaban J connectivity index is 1.07. The molecule has 1 aliphatic rings. The number of para-hydroxylation sites is 2. The Morgan fingerprint density at radius 1 is 0.921 bits per heavy atom. The van der Waals surface area contributed by atoms with E-state index in [0.717, 1.165) is 67.0 Å². The minimum Gasteiger partial charge on any atom is -0.473 e. The van der Waals surface area contributed by atoms with Crippen molar-refractivity contribution >= 4 is 21.8 Å². The van der Waals surface area contributed by atoms with Gasteiger partial charge in [0, 0.05) is 49.1 Å². The Morgan fingerprint density at radius 3 is 2.71 bits per heavy atom. The van der Waals surface area contributed by atoms with E-state index in [4.69, 9.17) is 19.4 Å². The number of pyridine rings is 2. The number of hydrogen-bond donors (Lipinski definition) is 0. The molecule has 0 atom stereocenters. The van der Waals surface area contributed by atoms with Crippen molar-refractivity contribution in [3.05, 3.63) is 96.2 Å². The highest BCUT2D eigenvalue weighted by Crippen LogP contribution is 2.29. The summed E-state index contributed by atoms with van der Waals surface area (Å²) in [5.41, 5.74) is 4.46. The second-order valence-corrected chi connectivity index (χ2v) is 9.96. The molecular weight excluding hydrogens is 474 g/mol. The number of hydrogen-bond acceptors (Lipinski definition) is 6. The number of imidazole rings is 1. The van der Waals surface area contributed by atoms with Gasteiger partial charge in [0.2, 0.25) is 5.88 Å². The van der Waals surface area contributed by atoms with Gasteiger partial charge in [0.15, 0.2) is 0 Å². The van der Waals surface area contributed by atoms with Crippen molar-refractivity contribution in [2.75, 3.05) is 26.8 Å². The zero-order valence-electron chi connectivity index (χ0n) is 21.8. The van der Waals surface area contributed by atoms with Gasteiger partial charge in [-0.2, -0.15) is 0 Å². The fourth-order valence-electron chi connectivity index (χ4n) is 5.39. The van der Waals surface area contributed by atoms with Gasteiger partial charge in [0.1, 0.15) is 12.4 Å². The smallest absolute Gasteiger partial charge is 0.213 e. The summed E-state index contributed by atoms with van der Waals surface area (Å²) in [6.07, 6.45) is 5.86. The van der Waals surface area contributed by atoms with Crippen molar-refractivity contribution in [2.45, 2.75) is 38.5 Å². The number of nitrogens with zero attached hydrogens (tertiary/aromatic N) is 5. The minimum atomic E-state index is 0.439. The lowest BCUT2D eigenvalue weighted by Crippen LogP contribution is -2.33. The molecule has 2 aromatic carbocycles. The first-order chi connectivity index (χ1) is 18.8. The number of rotatable bonds is 9. The van der Waals surface area contributed by atoms with Crippen molar-refractivity contribution < 1.29 is 9.47 Å². The summed E-state index contributed by atoms with van der Waals surface area (Å²) in [4.78, 5) is 16.6. The molecule has 3 aromatic heterocycles. The second kappa shape index (κ2) is 11.3. The van der Waals surface area contributed by atoms with E-state index in [1.807, 2.05) is 24.5 Å². The first kappa shape index (κ1) is 24.5. The van der Waals surface area contributed by atoms with Crippen molar-refractivity contribution in [2.24, 2.45) is 0 Å². The largest absolute Gasteiger partial charge is 0.473 e. The molecule has 38 heavy (non-hydrogen) atoms. The zero-order chi connectivity index (χ0) is 25.7. The minimum absolute atomic E-state index is 0.439. The van der Waals surface area contributed by atoms with E-state index in [-0.39, 0.29) is 0 Å². The molecule has 0 aliphatic carbocycles. The average molecular weight is 508 g/mol. The normalized spacial score (nSPS) is 14.9. The number of likely N-dealkylation sites (tertiary alicyclic amines) is 1. The topological polar surface area (TPSA) is 65.3 Å². The van der Waals surface area contributed by atoms with Gasteiger partial charge in [-0.25, -0.2) is 9.97 Å². The van der Waals surface area contributed by atoms with Gasteiger partial charge in [0.25, 0.3) is 0 Å². The summed E-state index contributed by atoms with van der Waals surface area (Å²) >= 11 is 0. The number of piperidine rings is 1. The van der Waals surface area contributed by atoms with Crippen LogP contribution in [0.25, 0.3) is 21.8 Å². The van der Waals surface area contributed by atoms with E-state index in [2.05, 4.69) is 69.0 Å². The van der Waals surface area contributed by atoms with E-state index in [0.29, 0.717) is 25.0 Å². The molecule has 5 aromatic rings. The fraction of sp³-hybridized carbons (Fsp3) is 0.323. The maximum absolute atomic E-state index is 6.08. The molecule has 7 heteroatoms. The summed E-state index contributed by atoms with van der Waals surface area (Å²) in [5.74, 6) is 2.23. The molecule has 0 saturated carbocycles. The van der Waals surface area contributed by atoms with E-state index < -0.39 is 0 Å². The van der Waals surface area contributed by atoms with Crippen LogP contribution in [-0.2, 0) is 24.4 Å². The number of ether oxygens (including phenoxy) is 2. The molecule has 0 spiro atoms. The Hall–Kier alpha value is -3.81. The molecule has 0 unspecified atom stereocenters. The summed E-state index contributed by atoms with van der Waals surface area (Å²) in [6.45, 7) is 4.88. The Morgan fingerprint density at radius 2 is 1.82 bits per heavy atom. The van der Waals surface area contributed by atoms with Crippen LogP contribution in [-0.4, -0.2) is 51.2 Å². The van der Waals surface area contributed by atoms with Crippen LogP contribution in [0.15, 0.2) is 79.1 Å². The lowest BCUT2D eigenvalue weighted by Gasteiger charge is -2.31. The highest BCUT2D eigenvalue weighted by atomic mass is 16.5. The van der Waals surface area contributed by atoms with Crippen molar-refractivity contribution in [1.82, 2.24) is 24.4 Å². The summed E-state index contributed by atoms with van der Waals surface area (Å²) in [5, 5.41) is 2.30. The molecule has 7 nitrogen and oxygen atoms in total. The molecule has 4 heterocycles. The van der Waals surface area contributed by atoms with E-state index >= 15 is 0 Å². The van der Waals surface area contributed by atoms with E-state index in [9.17, 15) is 0 Å². The van der Waals surface area contributed by atoms with Crippen LogP contribution in [0.1, 0.15) is 35.8 Å². The molecule has 1 fully saturated rings. The predicted molar refractivity (Wildman–Crippen MR) is 149 cm³/mol. The molecule has 0 amide bonds. The summed E-state index contributed by atoms with van der Waals surface area (Å²) in [7, 11) is 1.75. The third-order valence-electron chi connectivity index (χ3n) is 7.46. The highest BCUT2D eigenvalue weighted by Gasteiger charge is 2.23. The van der Waals surface area contributed by atoms with Crippen LogP contribution in [0.4, 0.5) is 0 Å². The fourth-order valence-corrected chi connectivity index (χ4v) is 5.39. The summed E-state index contributed by atoms with van der Waals surface area (Å²) < 4.78 is 13.7. The number of fused-ring (bicyclic) bond motifs is 2. The first-order valence-electron chi connectivity index (χ1n) is 13.3. The SMILES string of the molecule is COCCn1c(CN2CCC(c3cccc(OCc4ccc5ccncc5c4)n3)CC2)nc2ccccc21. The number of benzene rings is 2. The van der Waals surface area contributed by atoms with Crippen LogP contribution in [0.5, 0.6) is 5.88 Å².